The molecular formula is C33H22Cl2N8O2S2. The molecule has 0 amide bonds. The number of fused-ring (bicyclic) bond motifs is 2. The first-order valence-corrected chi connectivity index (χ1v) is 16.7. The van der Waals surface area contributed by atoms with Crippen molar-refractivity contribution in [2.45, 2.75) is 6.42 Å². The molecule has 4 heterocycles. The minimum atomic E-state index is 0.576. The summed E-state index contributed by atoms with van der Waals surface area (Å²) >= 11 is 15.8. The Morgan fingerprint density at radius 1 is 0.574 bits per heavy atom. The molecule has 47 heavy (non-hydrogen) atoms. The van der Waals surface area contributed by atoms with Crippen molar-refractivity contribution in [2.75, 3.05) is 14.2 Å². The van der Waals surface area contributed by atoms with Crippen molar-refractivity contribution in [1.29, 1.82) is 0 Å². The van der Waals surface area contributed by atoms with Crippen molar-refractivity contribution in [2.24, 2.45) is 0 Å². The molecule has 10 nitrogen and oxygen atoms in total. The van der Waals surface area contributed by atoms with E-state index in [1.165, 1.54) is 22.7 Å². The van der Waals surface area contributed by atoms with Gasteiger partial charge in [0, 0.05) is 11.1 Å². The van der Waals surface area contributed by atoms with Crippen LogP contribution in [-0.4, -0.2) is 53.8 Å². The molecule has 0 unspecified atom stereocenters. The van der Waals surface area contributed by atoms with Gasteiger partial charge in [-0.05, 0) is 53.9 Å². The van der Waals surface area contributed by atoms with Crippen molar-refractivity contribution in [3.63, 3.8) is 0 Å². The highest BCUT2D eigenvalue weighted by atomic mass is 35.5. The lowest BCUT2D eigenvalue weighted by molar-refractivity contribution is 0.416. The minimum absolute atomic E-state index is 0.576. The highest BCUT2D eigenvalue weighted by molar-refractivity contribution is 7.20. The van der Waals surface area contributed by atoms with Crippen LogP contribution >= 0.6 is 45.9 Å². The zero-order valence-electron chi connectivity index (χ0n) is 24.8. The largest absolute Gasteiger partial charge is 0.496 e. The number of hydrogen-bond donors (Lipinski definition) is 0. The summed E-state index contributed by atoms with van der Waals surface area (Å²) in [5, 5.41) is 30.1. The van der Waals surface area contributed by atoms with Crippen LogP contribution in [0.1, 0.15) is 11.1 Å². The Morgan fingerprint density at radius 3 is 1.45 bits per heavy atom. The second-order valence-corrected chi connectivity index (χ2v) is 13.2. The minimum Gasteiger partial charge on any atom is -0.496 e. The van der Waals surface area contributed by atoms with Crippen LogP contribution in [0.5, 0.6) is 11.5 Å². The van der Waals surface area contributed by atoms with Crippen LogP contribution in [0.25, 0.3) is 53.8 Å². The van der Waals surface area contributed by atoms with E-state index in [-0.39, 0.29) is 0 Å². The summed E-state index contributed by atoms with van der Waals surface area (Å²) in [7, 11) is 3.27. The van der Waals surface area contributed by atoms with Crippen LogP contribution in [0.3, 0.4) is 0 Å². The van der Waals surface area contributed by atoms with E-state index in [4.69, 9.17) is 42.9 Å². The monoisotopic (exact) mass is 696 g/mol. The molecule has 0 saturated heterocycles. The third-order valence-corrected chi connectivity index (χ3v) is 10.1. The summed E-state index contributed by atoms with van der Waals surface area (Å²) < 4.78 is 14.9. The maximum absolute atomic E-state index is 6.46. The summed E-state index contributed by atoms with van der Waals surface area (Å²) in [4.78, 5) is 1.31. The molecule has 0 bridgehead atoms. The second-order valence-electron chi connectivity index (χ2n) is 10.5. The fraction of sp³-hybridized carbons (Fsp3) is 0.0909. The SMILES string of the molecule is COc1ccc(Cc2ccc(OC)c(-c3nnc4sc(-c5ccccc5Cl)nn34)c2)cc1-c1nnc2sc(-c3ccccc3Cl)nn12. The molecule has 0 N–H and O–H groups in total. The van der Waals surface area contributed by atoms with Crippen molar-refractivity contribution in [3.8, 4) is 55.4 Å². The molecular weight excluding hydrogens is 675 g/mol. The molecule has 0 saturated carbocycles. The summed E-state index contributed by atoms with van der Waals surface area (Å²) in [6.45, 7) is 0. The molecule has 232 valence electrons. The number of methoxy groups -OCH3 is 2. The van der Waals surface area contributed by atoms with E-state index in [0.29, 0.717) is 49.5 Å². The Kier molecular flexibility index (Phi) is 7.57. The molecule has 4 aromatic heterocycles. The van der Waals surface area contributed by atoms with E-state index in [1.54, 1.807) is 23.3 Å². The molecule has 14 heteroatoms. The zero-order valence-corrected chi connectivity index (χ0v) is 27.9. The maximum atomic E-state index is 6.46. The molecule has 0 atom stereocenters. The first kappa shape index (κ1) is 29.5. The lowest BCUT2D eigenvalue weighted by Gasteiger charge is -2.12. The van der Waals surface area contributed by atoms with Gasteiger partial charge in [-0.2, -0.15) is 19.2 Å². The van der Waals surface area contributed by atoms with Crippen molar-refractivity contribution in [3.05, 3.63) is 106 Å². The van der Waals surface area contributed by atoms with Crippen molar-refractivity contribution >= 4 is 55.8 Å². The van der Waals surface area contributed by atoms with Gasteiger partial charge in [-0.25, -0.2) is 0 Å². The molecule has 0 radical (unpaired) electrons. The van der Waals surface area contributed by atoms with Crippen LogP contribution < -0.4 is 9.47 Å². The van der Waals surface area contributed by atoms with Gasteiger partial charge in [0.25, 0.3) is 0 Å². The summed E-state index contributed by atoms with van der Waals surface area (Å²) in [5.74, 6) is 2.48. The van der Waals surface area contributed by atoms with Crippen LogP contribution in [0.15, 0.2) is 84.9 Å². The highest BCUT2D eigenvalue weighted by Crippen LogP contribution is 2.37. The third-order valence-electron chi connectivity index (χ3n) is 7.61. The van der Waals surface area contributed by atoms with Gasteiger partial charge in [0.2, 0.25) is 9.92 Å². The van der Waals surface area contributed by atoms with Crippen LogP contribution in [0.4, 0.5) is 0 Å². The van der Waals surface area contributed by atoms with Gasteiger partial charge < -0.3 is 9.47 Å². The molecule has 0 aliphatic rings. The highest BCUT2D eigenvalue weighted by Gasteiger charge is 2.21. The van der Waals surface area contributed by atoms with E-state index in [9.17, 15) is 0 Å². The number of nitrogens with zero attached hydrogens (tertiary/aromatic N) is 8. The first-order chi connectivity index (χ1) is 23.0. The average Bonchev–Trinajstić information content (AvgIpc) is 3.87. The van der Waals surface area contributed by atoms with E-state index >= 15 is 0 Å². The predicted octanol–water partition coefficient (Wildman–Crippen LogP) is 8.27. The van der Waals surface area contributed by atoms with Crippen molar-refractivity contribution < 1.29 is 9.47 Å². The zero-order chi connectivity index (χ0) is 32.1. The standard InChI is InChI=1S/C33H22Cl2N8O2S2/c1-44-26-13-11-18(16-22(26)28-36-38-32-42(28)40-30(46-32)20-7-3-5-9-24(20)34)15-19-12-14-27(45-2)23(17-19)29-37-39-33-43(29)41-31(47-33)21-8-4-6-10-25(21)35/h3-14,16-17H,15H2,1-2H3. The third kappa shape index (κ3) is 5.28. The smallest absolute Gasteiger partial charge is 0.235 e. The number of ether oxygens (including phenoxy) is 2. The summed E-state index contributed by atoms with van der Waals surface area (Å²) in [5.41, 5.74) is 5.31. The lowest BCUT2D eigenvalue weighted by atomic mass is 9.99. The number of aromatic nitrogens is 8. The van der Waals surface area contributed by atoms with Crippen molar-refractivity contribution in [1.82, 2.24) is 39.6 Å². The topological polar surface area (TPSA) is 105 Å². The van der Waals surface area contributed by atoms with Gasteiger partial charge >= 0.3 is 0 Å². The molecule has 0 aliphatic carbocycles. The lowest BCUT2D eigenvalue weighted by Crippen LogP contribution is -1.99. The summed E-state index contributed by atoms with van der Waals surface area (Å²) in [6, 6.07) is 27.3. The molecule has 0 fully saturated rings. The normalized spacial score (nSPS) is 11.5. The van der Waals surface area contributed by atoms with E-state index in [0.717, 1.165) is 43.4 Å². The van der Waals surface area contributed by atoms with Crippen LogP contribution in [-0.2, 0) is 6.42 Å². The van der Waals surface area contributed by atoms with Gasteiger partial charge in [0.1, 0.15) is 21.5 Å². The number of rotatable bonds is 8. The number of hydrogen-bond acceptors (Lipinski definition) is 10. The Balaban J connectivity index is 1.15. The maximum Gasteiger partial charge on any atom is 0.235 e. The molecule has 8 rings (SSSR count). The molecule has 8 aromatic rings. The van der Waals surface area contributed by atoms with E-state index in [1.807, 2.05) is 72.8 Å². The first-order valence-electron chi connectivity index (χ1n) is 14.3. The fourth-order valence-corrected chi connectivity index (χ4v) is 7.69. The van der Waals surface area contributed by atoms with E-state index in [2.05, 4.69) is 32.5 Å². The second kappa shape index (κ2) is 12.0. The quantitative estimate of drug-likeness (QED) is 0.156. The van der Waals surface area contributed by atoms with Crippen LogP contribution in [0, 0.1) is 0 Å². The Hall–Kier alpha value is -4.88. The Labute approximate surface area is 285 Å². The predicted molar refractivity (Wildman–Crippen MR) is 185 cm³/mol. The molecule has 0 aliphatic heterocycles. The average molecular weight is 698 g/mol. The van der Waals surface area contributed by atoms with Gasteiger partial charge in [-0.1, -0.05) is 94.4 Å². The van der Waals surface area contributed by atoms with Gasteiger partial charge in [-0.15, -0.1) is 20.4 Å². The Morgan fingerprint density at radius 2 is 1.02 bits per heavy atom. The number of benzene rings is 4. The number of halogens is 2. The Bertz CT molecular complexity index is 2270. The molecule has 0 spiro atoms. The van der Waals surface area contributed by atoms with Gasteiger partial charge in [0.15, 0.2) is 11.6 Å². The van der Waals surface area contributed by atoms with E-state index < -0.39 is 0 Å². The summed E-state index contributed by atoms with van der Waals surface area (Å²) in [6.07, 6.45) is 0.613. The van der Waals surface area contributed by atoms with Crippen LogP contribution in [0.2, 0.25) is 10.0 Å². The molecule has 4 aromatic carbocycles. The fourth-order valence-electron chi connectivity index (χ4n) is 5.37. The van der Waals surface area contributed by atoms with Gasteiger partial charge in [0.05, 0.1) is 35.4 Å². The van der Waals surface area contributed by atoms with Gasteiger partial charge in [-0.3, -0.25) is 0 Å².